The second-order valence-electron chi connectivity index (χ2n) is 3.68. The van der Waals surface area contributed by atoms with Crippen molar-refractivity contribution in [1.29, 1.82) is 0 Å². The largest absolute Gasteiger partial charge is 0.369 e. The van der Waals surface area contributed by atoms with Gasteiger partial charge in [-0.25, -0.2) is 9.37 Å². The van der Waals surface area contributed by atoms with E-state index < -0.39 is 5.91 Å². The molecular weight excluding hydrogens is 253 g/mol. The van der Waals surface area contributed by atoms with Gasteiger partial charge in [-0.1, -0.05) is 30.0 Å². The van der Waals surface area contributed by atoms with Crippen LogP contribution in [-0.4, -0.2) is 21.2 Å². The summed E-state index contributed by atoms with van der Waals surface area (Å²) in [5.74, 6) is -0.494. The van der Waals surface area contributed by atoms with Gasteiger partial charge in [-0.3, -0.25) is 4.79 Å². The molecule has 4 nitrogen and oxygen atoms in total. The Morgan fingerprint density at radius 2 is 2.22 bits per heavy atom. The molecule has 1 amide bonds. The first-order valence-corrected chi connectivity index (χ1v) is 6.31. The van der Waals surface area contributed by atoms with Crippen molar-refractivity contribution in [3.8, 4) is 0 Å². The Kier molecular flexibility index (Phi) is 3.99. The zero-order chi connectivity index (χ0) is 13.0. The highest BCUT2D eigenvalue weighted by molar-refractivity contribution is 7.99. The van der Waals surface area contributed by atoms with Gasteiger partial charge in [0.15, 0.2) is 5.16 Å². The van der Waals surface area contributed by atoms with Gasteiger partial charge < -0.3 is 10.3 Å². The number of carbonyl (C=O) groups is 1. The van der Waals surface area contributed by atoms with E-state index in [0.29, 0.717) is 17.3 Å². The van der Waals surface area contributed by atoms with Crippen molar-refractivity contribution < 1.29 is 9.18 Å². The lowest BCUT2D eigenvalue weighted by molar-refractivity contribution is -0.115. The SMILES string of the molecule is NC(=O)CSc1nccn1Cc1ccccc1F. The molecule has 2 aromatic rings. The van der Waals surface area contributed by atoms with Crippen LogP contribution in [0, 0.1) is 5.82 Å². The minimum absolute atomic E-state index is 0.161. The summed E-state index contributed by atoms with van der Waals surface area (Å²) in [5.41, 5.74) is 5.66. The third-order valence-electron chi connectivity index (χ3n) is 2.32. The monoisotopic (exact) mass is 265 g/mol. The molecule has 0 unspecified atom stereocenters. The molecule has 6 heteroatoms. The van der Waals surface area contributed by atoms with Gasteiger partial charge >= 0.3 is 0 Å². The third kappa shape index (κ3) is 3.10. The Balaban J connectivity index is 2.12. The summed E-state index contributed by atoms with van der Waals surface area (Å²) in [5, 5.41) is 0.650. The summed E-state index contributed by atoms with van der Waals surface area (Å²) in [6.45, 7) is 0.383. The van der Waals surface area contributed by atoms with E-state index in [9.17, 15) is 9.18 Å². The number of aromatic nitrogens is 2. The number of benzene rings is 1. The van der Waals surface area contributed by atoms with E-state index >= 15 is 0 Å². The summed E-state index contributed by atoms with van der Waals surface area (Å²) in [6, 6.07) is 6.57. The molecule has 0 saturated heterocycles. The quantitative estimate of drug-likeness (QED) is 0.836. The molecular formula is C12H12FN3OS. The minimum Gasteiger partial charge on any atom is -0.369 e. The standard InChI is InChI=1S/C12H12FN3OS/c13-10-4-2-1-3-9(10)7-16-6-5-15-12(16)18-8-11(14)17/h1-6H,7-8H2,(H2,14,17). The van der Waals surface area contributed by atoms with Crippen molar-refractivity contribution in [1.82, 2.24) is 9.55 Å². The molecule has 0 aliphatic carbocycles. The number of carbonyl (C=O) groups excluding carboxylic acids is 1. The van der Waals surface area contributed by atoms with Crippen LogP contribution in [0.1, 0.15) is 5.56 Å². The maximum Gasteiger partial charge on any atom is 0.227 e. The Morgan fingerprint density at radius 3 is 2.94 bits per heavy atom. The van der Waals surface area contributed by atoms with Crippen LogP contribution in [0.2, 0.25) is 0 Å². The van der Waals surface area contributed by atoms with Crippen molar-refractivity contribution in [3.63, 3.8) is 0 Å². The maximum absolute atomic E-state index is 13.5. The number of hydrogen-bond acceptors (Lipinski definition) is 3. The molecule has 1 aromatic carbocycles. The molecule has 18 heavy (non-hydrogen) atoms. The number of nitrogens with zero attached hydrogens (tertiary/aromatic N) is 2. The zero-order valence-electron chi connectivity index (χ0n) is 9.54. The number of imidazole rings is 1. The fourth-order valence-corrected chi connectivity index (χ4v) is 2.20. The summed E-state index contributed by atoms with van der Waals surface area (Å²) in [6.07, 6.45) is 3.36. The Labute approximate surface area is 108 Å². The number of primary amides is 1. The molecule has 0 aliphatic heterocycles. The van der Waals surface area contributed by atoms with Crippen molar-refractivity contribution in [2.75, 3.05) is 5.75 Å². The molecule has 94 valence electrons. The molecule has 2 N–H and O–H groups in total. The lowest BCUT2D eigenvalue weighted by Gasteiger charge is -2.07. The summed E-state index contributed by atoms with van der Waals surface area (Å²) < 4.78 is 15.3. The van der Waals surface area contributed by atoms with E-state index in [1.54, 1.807) is 35.2 Å². The van der Waals surface area contributed by atoms with E-state index in [0.717, 1.165) is 0 Å². The Morgan fingerprint density at radius 1 is 1.44 bits per heavy atom. The topological polar surface area (TPSA) is 60.9 Å². The van der Waals surface area contributed by atoms with Crippen LogP contribution in [0.4, 0.5) is 4.39 Å². The van der Waals surface area contributed by atoms with Gasteiger partial charge in [0.1, 0.15) is 5.82 Å². The van der Waals surface area contributed by atoms with Gasteiger partial charge in [0.25, 0.3) is 0 Å². The first kappa shape index (κ1) is 12.6. The van der Waals surface area contributed by atoms with E-state index in [-0.39, 0.29) is 11.6 Å². The molecule has 0 atom stereocenters. The molecule has 1 heterocycles. The van der Waals surface area contributed by atoms with Crippen LogP contribution in [0.3, 0.4) is 0 Å². The van der Waals surface area contributed by atoms with Crippen LogP contribution >= 0.6 is 11.8 Å². The highest BCUT2D eigenvalue weighted by Crippen LogP contribution is 2.17. The van der Waals surface area contributed by atoms with Gasteiger partial charge in [0.05, 0.1) is 12.3 Å². The minimum atomic E-state index is -0.402. The van der Waals surface area contributed by atoms with Crippen LogP contribution in [0.5, 0.6) is 0 Å². The first-order valence-electron chi connectivity index (χ1n) is 5.32. The van der Waals surface area contributed by atoms with Gasteiger partial charge in [-0.2, -0.15) is 0 Å². The molecule has 0 radical (unpaired) electrons. The van der Waals surface area contributed by atoms with E-state index in [1.165, 1.54) is 17.8 Å². The highest BCUT2D eigenvalue weighted by atomic mass is 32.2. The number of hydrogen-bond donors (Lipinski definition) is 1. The average molecular weight is 265 g/mol. The van der Waals surface area contributed by atoms with Gasteiger partial charge in [0.2, 0.25) is 5.91 Å². The molecule has 2 rings (SSSR count). The Bertz CT molecular complexity index is 556. The van der Waals surface area contributed by atoms with E-state index in [2.05, 4.69) is 4.98 Å². The average Bonchev–Trinajstić information content (AvgIpc) is 2.77. The summed E-state index contributed by atoms with van der Waals surface area (Å²) in [4.78, 5) is 14.8. The molecule has 0 spiro atoms. The molecule has 1 aromatic heterocycles. The van der Waals surface area contributed by atoms with Gasteiger partial charge in [-0.05, 0) is 6.07 Å². The lowest BCUT2D eigenvalue weighted by atomic mass is 10.2. The van der Waals surface area contributed by atoms with Crippen molar-refractivity contribution in [2.45, 2.75) is 11.7 Å². The number of halogens is 1. The zero-order valence-corrected chi connectivity index (χ0v) is 10.4. The molecule has 0 bridgehead atoms. The number of thioether (sulfide) groups is 1. The smallest absolute Gasteiger partial charge is 0.227 e. The van der Waals surface area contributed by atoms with Gasteiger partial charge in [0, 0.05) is 18.0 Å². The first-order chi connectivity index (χ1) is 8.66. The third-order valence-corrected chi connectivity index (χ3v) is 3.35. The molecule has 0 aliphatic rings. The van der Waals surface area contributed by atoms with Crippen molar-refractivity contribution in [3.05, 3.63) is 48.0 Å². The number of rotatable bonds is 5. The Hall–Kier alpha value is -1.82. The summed E-state index contributed by atoms with van der Waals surface area (Å²) >= 11 is 1.24. The van der Waals surface area contributed by atoms with Crippen LogP contribution in [-0.2, 0) is 11.3 Å². The lowest BCUT2D eigenvalue weighted by Crippen LogP contribution is -2.14. The van der Waals surface area contributed by atoms with Crippen molar-refractivity contribution in [2.24, 2.45) is 5.73 Å². The van der Waals surface area contributed by atoms with Crippen molar-refractivity contribution >= 4 is 17.7 Å². The molecule has 0 saturated carbocycles. The summed E-state index contributed by atoms with van der Waals surface area (Å²) in [7, 11) is 0. The fraction of sp³-hybridized carbons (Fsp3) is 0.167. The van der Waals surface area contributed by atoms with E-state index in [4.69, 9.17) is 5.73 Å². The normalized spacial score (nSPS) is 10.5. The fourth-order valence-electron chi connectivity index (χ4n) is 1.50. The van der Waals surface area contributed by atoms with E-state index in [1.807, 2.05) is 0 Å². The van der Waals surface area contributed by atoms with Crippen LogP contribution in [0.25, 0.3) is 0 Å². The second kappa shape index (κ2) is 5.68. The number of amides is 1. The second-order valence-corrected chi connectivity index (χ2v) is 4.63. The molecule has 0 fully saturated rings. The van der Waals surface area contributed by atoms with Crippen LogP contribution in [0.15, 0.2) is 41.8 Å². The predicted octanol–water partition coefficient (Wildman–Crippen LogP) is 1.65. The van der Waals surface area contributed by atoms with Crippen LogP contribution < -0.4 is 5.73 Å². The maximum atomic E-state index is 13.5. The van der Waals surface area contributed by atoms with Gasteiger partial charge in [-0.15, -0.1) is 0 Å². The highest BCUT2D eigenvalue weighted by Gasteiger charge is 2.08. The predicted molar refractivity (Wildman–Crippen MR) is 67.6 cm³/mol. The number of nitrogens with two attached hydrogens (primary N) is 1.